The molecule has 0 saturated carbocycles. The lowest BCUT2D eigenvalue weighted by Gasteiger charge is -2.13. The van der Waals surface area contributed by atoms with Gasteiger partial charge in [-0.25, -0.2) is 4.79 Å². The van der Waals surface area contributed by atoms with Crippen LogP contribution in [0.5, 0.6) is 5.75 Å². The van der Waals surface area contributed by atoms with Crippen molar-refractivity contribution in [1.82, 2.24) is 0 Å². The zero-order valence-electron chi connectivity index (χ0n) is 8.28. The van der Waals surface area contributed by atoms with E-state index in [1.807, 2.05) is 19.9 Å². The van der Waals surface area contributed by atoms with E-state index in [0.717, 1.165) is 0 Å². The topological polar surface area (TPSA) is 64.3 Å². The third-order valence-electron chi connectivity index (χ3n) is 1.51. The third-order valence-corrected chi connectivity index (χ3v) is 1.51. The summed E-state index contributed by atoms with van der Waals surface area (Å²) in [5.41, 5.74) is 5.61. The fraction of sp³-hybridized carbons (Fsp3) is 0.300. The average molecular weight is 194 g/mol. The number of amides is 2. The van der Waals surface area contributed by atoms with Gasteiger partial charge >= 0.3 is 6.03 Å². The monoisotopic (exact) mass is 194 g/mol. The molecule has 0 radical (unpaired) electrons. The van der Waals surface area contributed by atoms with Crippen LogP contribution in [0.15, 0.2) is 24.3 Å². The van der Waals surface area contributed by atoms with E-state index in [2.05, 4.69) is 5.32 Å². The van der Waals surface area contributed by atoms with Crippen molar-refractivity contribution in [1.29, 1.82) is 0 Å². The van der Waals surface area contributed by atoms with E-state index in [9.17, 15) is 4.79 Å². The first-order valence-corrected chi connectivity index (χ1v) is 4.41. The molecular formula is C10H14N2O2. The Bertz CT molecular complexity index is 324. The molecule has 14 heavy (non-hydrogen) atoms. The zero-order valence-corrected chi connectivity index (χ0v) is 8.28. The first-order valence-electron chi connectivity index (χ1n) is 4.41. The molecule has 3 N–H and O–H groups in total. The number of carbonyl (C=O) groups is 1. The second-order valence-electron chi connectivity index (χ2n) is 3.15. The molecule has 0 aliphatic carbocycles. The van der Waals surface area contributed by atoms with Crippen molar-refractivity contribution >= 4 is 11.7 Å². The molecule has 0 unspecified atom stereocenters. The minimum absolute atomic E-state index is 0.0610. The fourth-order valence-electron chi connectivity index (χ4n) is 1.06. The van der Waals surface area contributed by atoms with Gasteiger partial charge in [-0.1, -0.05) is 12.1 Å². The minimum Gasteiger partial charge on any atom is -0.489 e. The van der Waals surface area contributed by atoms with Crippen molar-refractivity contribution < 1.29 is 9.53 Å². The highest BCUT2D eigenvalue weighted by Crippen LogP contribution is 2.24. The number of hydrogen-bond acceptors (Lipinski definition) is 2. The van der Waals surface area contributed by atoms with Gasteiger partial charge in [0.05, 0.1) is 11.8 Å². The molecular weight excluding hydrogens is 180 g/mol. The SMILES string of the molecule is CC(C)Oc1ccccc1NC(N)=O. The molecule has 76 valence electrons. The van der Waals surface area contributed by atoms with Gasteiger partial charge in [0.2, 0.25) is 0 Å². The summed E-state index contributed by atoms with van der Waals surface area (Å²) in [6.07, 6.45) is 0.0610. The van der Waals surface area contributed by atoms with Crippen LogP contribution in [0.1, 0.15) is 13.8 Å². The summed E-state index contributed by atoms with van der Waals surface area (Å²) in [6.45, 7) is 3.84. The predicted molar refractivity (Wildman–Crippen MR) is 55.4 cm³/mol. The van der Waals surface area contributed by atoms with Gasteiger partial charge in [0.25, 0.3) is 0 Å². The van der Waals surface area contributed by atoms with E-state index >= 15 is 0 Å². The first kappa shape index (κ1) is 10.4. The summed E-state index contributed by atoms with van der Waals surface area (Å²) in [4.78, 5) is 10.7. The highest BCUT2D eigenvalue weighted by molar-refractivity contribution is 5.89. The molecule has 1 aromatic carbocycles. The number of urea groups is 1. The van der Waals surface area contributed by atoms with Crippen LogP contribution in [0, 0.1) is 0 Å². The van der Waals surface area contributed by atoms with E-state index in [-0.39, 0.29) is 6.10 Å². The number of benzene rings is 1. The number of para-hydroxylation sites is 2. The predicted octanol–water partition coefficient (Wildman–Crippen LogP) is 1.96. The van der Waals surface area contributed by atoms with Gasteiger partial charge in [-0.05, 0) is 26.0 Å². The number of nitrogens with two attached hydrogens (primary N) is 1. The van der Waals surface area contributed by atoms with Crippen LogP contribution in [0.25, 0.3) is 0 Å². The number of carbonyl (C=O) groups excluding carboxylic acids is 1. The van der Waals surface area contributed by atoms with E-state index in [4.69, 9.17) is 10.5 Å². The van der Waals surface area contributed by atoms with Crippen LogP contribution in [0.3, 0.4) is 0 Å². The molecule has 1 rings (SSSR count). The Morgan fingerprint density at radius 3 is 2.64 bits per heavy atom. The van der Waals surface area contributed by atoms with E-state index < -0.39 is 6.03 Å². The Morgan fingerprint density at radius 1 is 1.43 bits per heavy atom. The molecule has 1 aromatic rings. The summed E-state index contributed by atoms with van der Waals surface area (Å²) in [5, 5.41) is 2.49. The highest BCUT2D eigenvalue weighted by atomic mass is 16.5. The van der Waals surface area contributed by atoms with Crippen LogP contribution in [-0.4, -0.2) is 12.1 Å². The van der Waals surface area contributed by atoms with Gasteiger partial charge in [-0.15, -0.1) is 0 Å². The second-order valence-corrected chi connectivity index (χ2v) is 3.15. The van der Waals surface area contributed by atoms with E-state index in [0.29, 0.717) is 11.4 Å². The van der Waals surface area contributed by atoms with Crippen molar-refractivity contribution in [2.45, 2.75) is 20.0 Å². The zero-order chi connectivity index (χ0) is 10.6. The molecule has 0 bridgehead atoms. The smallest absolute Gasteiger partial charge is 0.316 e. The molecule has 4 heteroatoms. The lowest BCUT2D eigenvalue weighted by atomic mass is 10.3. The van der Waals surface area contributed by atoms with Crippen LogP contribution >= 0.6 is 0 Å². The minimum atomic E-state index is -0.593. The molecule has 0 aliphatic heterocycles. The molecule has 2 amide bonds. The molecule has 0 fully saturated rings. The van der Waals surface area contributed by atoms with Gasteiger partial charge in [0.15, 0.2) is 0 Å². The molecule has 0 atom stereocenters. The summed E-state index contributed by atoms with van der Waals surface area (Å²) in [6, 6.07) is 6.57. The normalized spacial score (nSPS) is 9.93. The Hall–Kier alpha value is -1.71. The van der Waals surface area contributed by atoms with Gasteiger partial charge in [-0.2, -0.15) is 0 Å². The van der Waals surface area contributed by atoms with Crippen molar-refractivity contribution in [3.63, 3.8) is 0 Å². The number of hydrogen-bond donors (Lipinski definition) is 2. The van der Waals surface area contributed by atoms with Gasteiger partial charge in [0, 0.05) is 0 Å². The van der Waals surface area contributed by atoms with Crippen LogP contribution in [0.4, 0.5) is 10.5 Å². The van der Waals surface area contributed by atoms with Crippen LogP contribution in [0.2, 0.25) is 0 Å². The summed E-state index contributed by atoms with van der Waals surface area (Å²) in [7, 11) is 0. The Labute approximate surface area is 83.1 Å². The largest absolute Gasteiger partial charge is 0.489 e. The number of anilines is 1. The average Bonchev–Trinajstić information content (AvgIpc) is 2.06. The summed E-state index contributed by atoms with van der Waals surface area (Å²) < 4.78 is 5.48. The van der Waals surface area contributed by atoms with Crippen molar-refractivity contribution in [2.24, 2.45) is 5.73 Å². The maximum atomic E-state index is 10.7. The first-order chi connectivity index (χ1) is 6.59. The maximum absolute atomic E-state index is 10.7. The van der Waals surface area contributed by atoms with Crippen molar-refractivity contribution in [3.05, 3.63) is 24.3 Å². The van der Waals surface area contributed by atoms with Gasteiger partial charge < -0.3 is 15.8 Å². The Balaban J connectivity index is 2.85. The highest BCUT2D eigenvalue weighted by Gasteiger charge is 2.05. The standard InChI is InChI=1S/C10H14N2O2/c1-7(2)14-9-6-4-3-5-8(9)12-10(11)13/h3-7H,1-2H3,(H3,11,12,13). The van der Waals surface area contributed by atoms with Crippen LogP contribution in [-0.2, 0) is 0 Å². The number of nitrogens with one attached hydrogen (secondary N) is 1. The second kappa shape index (κ2) is 4.50. The third kappa shape index (κ3) is 2.97. The molecule has 0 heterocycles. The Kier molecular flexibility index (Phi) is 3.34. The van der Waals surface area contributed by atoms with Crippen LogP contribution < -0.4 is 15.8 Å². The lowest BCUT2D eigenvalue weighted by molar-refractivity contribution is 0.242. The van der Waals surface area contributed by atoms with Gasteiger partial charge in [-0.3, -0.25) is 0 Å². The number of primary amides is 1. The molecule has 0 aromatic heterocycles. The molecule has 4 nitrogen and oxygen atoms in total. The molecule has 0 spiro atoms. The number of ether oxygens (including phenoxy) is 1. The summed E-state index contributed by atoms with van der Waals surface area (Å²) in [5.74, 6) is 0.626. The molecule has 0 aliphatic rings. The quantitative estimate of drug-likeness (QED) is 0.772. The Morgan fingerprint density at radius 2 is 2.07 bits per heavy atom. The van der Waals surface area contributed by atoms with E-state index in [1.54, 1.807) is 18.2 Å². The summed E-state index contributed by atoms with van der Waals surface area (Å²) >= 11 is 0. The van der Waals surface area contributed by atoms with Gasteiger partial charge in [0.1, 0.15) is 5.75 Å². The van der Waals surface area contributed by atoms with Crippen molar-refractivity contribution in [3.8, 4) is 5.75 Å². The lowest BCUT2D eigenvalue weighted by Crippen LogP contribution is -2.20. The maximum Gasteiger partial charge on any atom is 0.316 e. The fourth-order valence-corrected chi connectivity index (χ4v) is 1.06. The molecule has 0 saturated heterocycles. The number of rotatable bonds is 3. The van der Waals surface area contributed by atoms with E-state index in [1.165, 1.54) is 0 Å². The van der Waals surface area contributed by atoms with Crippen molar-refractivity contribution in [2.75, 3.05) is 5.32 Å².